The minimum atomic E-state index is -2.97. The molecule has 0 fully saturated rings. The number of benzene rings is 9. The van der Waals surface area contributed by atoms with Gasteiger partial charge in [-0.2, -0.15) is 0 Å². The van der Waals surface area contributed by atoms with E-state index in [4.69, 9.17) is 16.6 Å². The van der Waals surface area contributed by atoms with Crippen molar-refractivity contribution in [2.45, 2.75) is 105 Å². The summed E-state index contributed by atoms with van der Waals surface area (Å²) >= 11 is 0. The number of pyridine rings is 1. The van der Waals surface area contributed by atoms with E-state index in [1.54, 1.807) is 6.20 Å². The Balaban J connectivity index is 1.03. The number of anilines is 4. The van der Waals surface area contributed by atoms with Crippen molar-refractivity contribution in [3.63, 3.8) is 0 Å². The summed E-state index contributed by atoms with van der Waals surface area (Å²) in [6, 6.07) is 68.9. The second-order valence-electron chi connectivity index (χ2n) is 26.3. The summed E-state index contributed by atoms with van der Waals surface area (Å²) in [5.41, 5.74) is 10.9. The van der Waals surface area contributed by atoms with Crippen LogP contribution >= 0.6 is 0 Å². The van der Waals surface area contributed by atoms with Gasteiger partial charge in [0.15, 0.2) is 8.07 Å². The van der Waals surface area contributed by atoms with E-state index in [0.717, 1.165) is 38.7 Å². The Kier molecular flexibility index (Phi) is 12.1. The maximum Gasteiger partial charge on any atom is 0.179 e. The van der Waals surface area contributed by atoms with E-state index in [-0.39, 0.29) is 46.0 Å². The number of hydrogen-bond acceptors (Lipinski definition) is 4. The largest absolute Gasteiger partial charge is 0.457 e. The Morgan fingerprint density at radius 1 is 0.439 bits per heavy atom. The van der Waals surface area contributed by atoms with Crippen molar-refractivity contribution in [3.05, 3.63) is 253 Å². The van der Waals surface area contributed by atoms with Crippen molar-refractivity contribution in [3.8, 4) is 28.4 Å². The van der Waals surface area contributed by atoms with Crippen LogP contribution in [-0.2, 0) is 21.7 Å². The summed E-state index contributed by atoms with van der Waals surface area (Å²) in [5.74, 6) is 1.95. The van der Waals surface area contributed by atoms with E-state index < -0.39 is 19.5 Å². The zero-order valence-corrected chi connectivity index (χ0v) is 50.5. The molecule has 3 heterocycles. The van der Waals surface area contributed by atoms with Crippen LogP contribution in [0.1, 0.15) is 112 Å². The molecule has 0 unspecified atom stereocenters. The molecule has 0 saturated carbocycles. The standard InChI is InChI=1S/C76H76N4OSi/c1-73(2,3)53-36-40-69-71(45-53)79(57-43-54(74(4,5)6)42-55(44-57)75(7,8)9)51-78(69)56-28-25-29-58(46-56)81-59-37-39-64-65-48-63(82(60-30-19-14-20-31-60,61-32-21-15-22-33-61)62-34-23-16-24-35-62)38-41-68(65)80(70(64)47-59)72-49-67(76(10,11)12)66(50-77-72)52-26-17-13-18-27-52/h13-50H,51H2,1-12H3/i13D,17D,18D,26D,27D. The highest BCUT2D eigenvalue weighted by atomic mass is 28.3. The number of rotatable bonds is 10. The summed E-state index contributed by atoms with van der Waals surface area (Å²) in [5, 5.41) is 7.08. The van der Waals surface area contributed by atoms with Gasteiger partial charge in [-0.3, -0.25) is 4.57 Å². The minimum absolute atomic E-state index is 0.0496. The summed E-state index contributed by atoms with van der Waals surface area (Å²) in [4.78, 5) is 10.1. The van der Waals surface area contributed by atoms with Crippen LogP contribution in [0.5, 0.6) is 11.5 Å². The van der Waals surface area contributed by atoms with Gasteiger partial charge in [-0.15, -0.1) is 0 Å². The quantitative estimate of drug-likeness (QED) is 0.101. The second kappa shape index (κ2) is 20.5. The Labute approximate surface area is 494 Å². The lowest BCUT2D eigenvalue weighted by atomic mass is 9.80. The van der Waals surface area contributed by atoms with Crippen molar-refractivity contribution >= 4 is 73.4 Å². The van der Waals surface area contributed by atoms with Gasteiger partial charge in [0.1, 0.15) is 24.0 Å². The molecule has 9 aromatic carbocycles. The minimum Gasteiger partial charge on any atom is -0.457 e. The maximum absolute atomic E-state index is 9.05. The van der Waals surface area contributed by atoms with E-state index >= 15 is 0 Å². The van der Waals surface area contributed by atoms with Crippen molar-refractivity contribution in [1.29, 1.82) is 0 Å². The molecule has 0 saturated heterocycles. The maximum atomic E-state index is 9.05. The molecule has 5 nitrogen and oxygen atoms in total. The first kappa shape index (κ1) is 48.3. The zero-order valence-electron chi connectivity index (χ0n) is 54.5. The fourth-order valence-electron chi connectivity index (χ4n) is 12.0. The number of ether oxygens (including phenoxy) is 1. The monoisotopic (exact) mass is 1090 g/mol. The van der Waals surface area contributed by atoms with Gasteiger partial charge in [0.25, 0.3) is 0 Å². The highest BCUT2D eigenvalue weighted by Crippen LogP contribution is 2.48. The van der Waals surface area contributed by atoms with Gasteiger partial charge < -0.3 is 14.5 Å². The van der Waals surface area contributed by atoms with Crippen LogP contribution in [0.4, 0.5) is 22.7 Å². The highest BCUT2D eigenvalue weighted by molar-refractivity contribution is 7.20. The SMILES string of the molecule is [2H]c1c([2H])c([2H])c(-c2cnc(-n3c4ccc([Si](c5ccccc5)(c5ccccc5)c5ccccc5)cc4c4ccc(Oc5cccc(N6CN(c7cc(C(C)(C)C)cc(C(C)(C)C)c7)c7cc(C(C)(C)C)ccc76)c5)cc43)cc2C(C)(C)C)c([2H])c1[2H]. The third-order valence-electron chi connectivity index (χ3n) is 16.5. The molecular weight excluding hydrogens is 1010 g/mol. The van der Waals surface area contributed by atoms with Gasteiger partial charge in [-0.25, -0.2) is 4.98 Å². The van der Waals surface area contributed by atoms with Gasteiger partial charge in [-0.05, 0) is 131 Å². The second-order valence-corrected chi connectivity index (χ2v) is 30.1. The molecule has 6 heteroatoms. The van der Waals surface area contributed by atoms with E-state index in [9.17, 15) is 0 Å². The third kappa shape index (κ3) is 9.91. The van der Waals surface area contributed by atoms with Crippen molar-refractivity contribution in [2.24, 2.45) is 0 Å². The lowest BCUT2D eigenvalue weighted by molar-refractivity contribution is 0.483. The summed E-state index contributed by atoms with van der Waals surface area (Å²) in [6.07, 6.45) is 1.69. The molecule has 2 aromatic heterocycles. The number of nitrogens with zero attached hydrogens (tertiary/aromatic N) is 4. The Morgan fingerprint density at radius 2 is 1.02 bits per heavy atom. The first-order valence-electron chi connectivity index (χ1n) is 31.2. The fourth-order valence-corrected chi connectivity index (χ4v) is 16.8. The fraction of sp³-hybridized carbons (Fsp3) is 0.224. The van der Waals surface area contributed by atoms with Crippen LogP contribution in [0.15, 0.2) is 231 Å². The third-order valence-corrected chi connectivity index (χ3v) is 21.3. The van der Waals surface area contributed by atoms with Crippen molar-refractivity contribution in [1.82, 2.24) is 9.55 Å². The molecule has 0 N–H and O–H groups in total. The Bertz CT molecular complexity index is 4300. The van der Waals surface area contributed by atoms with E-state index in [2.05, 4.69) is 279 Å². The molecule has 1 aliphatic heterocycles. The molecule has 12 rings (SSSR count). The van der Waals surface area contributed by atoms with Gasteiger partial charge in [0.2, 0.25) is 0 Å². The van der Waals surface area contributed by atoms with E-state index in [1.807, 2.05) is 12.1 Å². The van der Waals surface area contributed by atoms with Crippen LogP contribution in [0.3, 0.4) is 0 Å². The molecule has 0 radical (unpaired) electrons. The average Bonchev–Trinajstić information content (AvgIpc) is 1.75. The molecule has 82 heavy (non-hydrogen) atoms. The number of hydrogen-bond donors (Lipinski definition) is 0. The lowest BCUT2D eigenvalue weighted by Gasteiger charge is -2.34. The predicted octanol–water partition coefficient (Wildman–Crippen LogP) is 17.5. The molecule has 0 amide bonds. The topological polar surface area (TPSA) is 33.5 Å². The van der Waals surface area contributed by atoms with E-state index in [1.165, 1.54) is 48.8 Å². The average molecular weight is 1090 g/mol. The lowest BCUT2D eigenvalue weighted by Crippen LogP contribution is -2.74. The predicted molar refractivity (Wildman–Crippen MR) is 351 cm³/mol. The van der Waals surface area contributed by atoms with Crippen molar-refractivity contribution < 1.29 is 11.6 Å². The molecule has 0 bridgehead atoms. The Hall–Kier alpha value is -8.45. The molecule has 1 aliphatic rings. The first-order valence-corrected chi connectivity index (χ1v) is 30.7. The first-order chi connectivity index (χ1) is 41.2. The van der Waals surface area contributed by atoms with Crippen LogP contribution in [-0.4, -0.2) is 24.3 Å². The highest BCUT2D eigenvalue weighted by Gasteiger charge is 2.42. The molecule has 0 atom stereocenters. The van der Waals surface area contributed by atoms with E-state index in [0.29, 0.717) is 29.5 Å². The smallest absolute Gasteiger partial charge is 0.179 e. The molecule has 0 aliphatic carbocycles. The van der Waals surface area contributed by atoms with Crippen LogP contribution in [0.2, 0.25) is 0 Å². The summed E-state index contributed by atoms with van der Waals surface area (Å²) in [7, 11) is -2.97. The van der Waals surface area contributed by atoms with Crippen LogP contribution < -0.4 is 35.3 Å². The number of aromatic nitrogens is 2. The van der Waals surface area contributed by atoms with Crippen LogP contribution in [0, 0.1) is 0 Å². The summed E-state index contributed by atoms with van der Waals surface area (Å²) in [6.45, 7) is 27.5. The molecule has 410 valence electrons. The van der Waals surface area contributed by atoms with Crippen LogP contribution in [0.25, 0.3) is 38.8 Å². The molecule has 0 spiro atoms. The Morgan fingerprint density at radius 3 is 1.61 bits per heavy atom. The zero-order chi connectivity index (χ0) is 61.7. The van der Waals surface area contributed by atoms with Crippen molar-refractivity contribution in [2.75, 3.05) is 16.5 Å². The van der Waals surface area contributed by atoms with Gasteiger partial charge in [0.05, 0.1) is 29.3 Å². The number of fused-ring (bicyclic) bond motifs is 4. The van der Waals surface area contributed by atoms with Gasteiger partial charge in [0, 0.05) is 46.0 Å². The normalized spacial score (nSPS) is 14.1. The van der Waals surface area contributed by atoms with Gasteiger partial charge in [-0.1, -0.05) is 235 Å². The summed E-state index contributed by atoms with van der Waals surface area (Å²) < 4.78 is 53.0. The molecular formula is C76H76N4OSi. The molecule has 11 aromatic rings. The van der Waals surface area contributed by atoms with Gasteiger partial charge >= 0.3 is 0 Å².